The Morgan fingerprint density at radius 1 is 1.12 bits per heavy atom. The fraction of sp³-hybridized carbons (Fsp3) is 0.0833. The van der Waals surface area contributed by atoms with Gasteiger partial charge in [0.05, 0.1) is 5.56 Å². The van der Waals surface area contributed by atoms with Gasteiger partial charge in [-0.25, -0.2) is 0 Å². The summed E-state index contributed by atoms with van der Waals surface area (Å²) in [6, 6.07) is 8.61. The summed E-state index contributed by atoms with van der Waals surface area (Å²) >= 11 is 11.5. The van der Waals surface area contributed by atoms with Crippen molar-refractivity contribution in [2.75, 3.05) is 0 Å². The molecule has 17 heavy (non-hydrogen) atoms. The lowest BCUT2D eigenvalue weighted by atomic mass is 10.0. The highest BCUT2D eigenvalue weighted by Crippen LogP contribution is 2.19. The SMILES string of the molecule is Cc1ccc(C(=O)c2cc(Cl)nnc2Cl)cc1. The number of ketones is 1. The first-order valence-electron chi connectivity index (χ1n) is 4.88. The van der Waals surface area contributed by atoms with E-state index in [4.69, 9.17) is 23.2 Å². The molecule has 3 nitrogen and oxygen atoms in total. The summed E-state index contributed by atoms with van der Waals surface area (Å²) in [7, 11) is 0. The molecule has 86 valence electrons. The predicted octanol–water partition coefficient (Wildman–Crippen LogP) is 3.32. The topological polar surface area (TPSA) is 42.9 Å². The molecule has 1 aromatic heterocycles. The van der Waals surface area contributed by atoms with Gasteiger partial charge >= 0.3 is 0 Å². The number of rotatable bonds is 2. The maximum absolute atomic E-state index is 12.1. The minimum atomic E-state index is -0.216. The summed E-state index contributed by atoms with van der Waals surface area (Å²) in [5, 5.41) is 7.37. The normalized spacial score (nSPS) is 10.3. The summed E-state index contributed by atoms with van der Waals surface area (Å²) in [4.78, 5) is 12.1. The van der Waals surface area contributed by atoms with Crippen molar-refractivity contribution in [3.63, 3.8) is 0 Å². The average molecular weight is 267 g/mol. The minimum Gasteiger partial charge on any atom is -0.288 e. The largest absolute Gasteiger partial charge is 0.288 e. The van der Waals surface area contributed by atoms with E-state index in [-0.39, 0.29) is 21.7 Å². The zero-order valence-corrected chi connectivity index (χ0v) is 10.5. The second-order valence-electron chi connectivity index (χ2n) is 3.57. The summed E-state index contributed by atoms with van der Waals surface area (Å²) < 4.78 is 0. The van der Waals surface area contributed by atoms with Crippen LogP contribution in [0.3, 0.4) is 0 Å². The Kier molecular flexibility index (Phi) is 3.41. The summed E-state index contributed by atoms with van der Waals surface area (Å²) in [6.07, 6.45) is 0. The van der Waals surface area contributed by atoms with E-state index in [2.05, 4.69) is 10.2 Å². The van der Waals surface area contributed by atoms with Crippen LogP contribution in [0.4, 0.5) is 0 Å². The van der Waals surface area contributed by atoms with Crippen LogP contribution in [-0.4, -0.2) is 16.0 Å². The number of nitrogens with zero attached hydrogens (tertiary/aromatic N) is 2. The third kappa shape index (κ3) is 2.62. The van der Waals surface area contributed by atoms with E-state index in [1.54, 1.807) is 12.1 Å². The number of aryl methyl sites for hydroxylation is 1. The summed E-state index contributed by atoms with van der Waals surface area (Å²) in [5.41, 5.74) is 1.88. The number of benzene rings is 1. The molecule has 0 N–H and O–H groups in total. The lowest BCUT2D eigenvalue weighted by Crippen LogP contribution is -2.04. The Labute approximate surface area is 108 Å². The van der Waals surface area contributed by atoms with Gasteiger partial charge in [0.25, 0.3) is 0 Å². The number of halogens is 2. The van der Waals surface area contributed by atoms with Crippen molar-refractivity contribution in [2.24, 2.45) is 0 Å². The molecule has 0 aliphatic rings. The summed E-state index contributed by atoms with van der Waals surface area (Å²) in [6.45, 7) is 1.95. The zero-order chi connectivity index (χ0) is 12.4. The van der Waals surface area contributed by atoms with Crippen LogP contribution in [0.1, 0.15) is 21.5 Å². The first-order valence-corrected chi connectivity index (χ1v) is 5.63. The molecular formula is C12H8Cl2N2O. The van der Waals surface area contributed by atoms with Gasteiger partial charge in [-0.05, 0) is 13.0 Å². The summed E-state index contributed by atoms with van der Waals surface area (Å²) in [5.74, 6) is -0.216. The molecule has 1 heterocycles. The number of hydrogen-bond acceptors (Lipinski definition) is 3. The maximum Gasteiger partial charge on any atom is 0.196 e. The molecule has 0 atom stereocenters. The second kappa shape index (κ2) is 4.82. The second-order valence-corrected chi connectivity index (χ2v) is 4.31. The van der Waals surface area contributed by atoms with Crippen LogP contribution < -0.4 is 0 Å². The molecule has 1 aromatic carbocycles. The van der Waals surface area contributed by atoms with Crippen LogP contribution in [0, 0.1) is 6.92 Å². The quantitative estimate of drug-likeness (QED) is 0.784. The van der Waals surface area contributed by atoms with E-state index in [9.17, 15) is 4.79 Å². The molecule has 2 aromatic rings. The molecule has 0 saturated carbocycles. The van der Waals surface area contributed by atoms with Crippen LogP contribution in [0.15, 0.2) is 30.3 Å². The van der Waals surface area contributed by atoms with Crippen molar-refractivity contribution >= 4 is 29.0 Å². The van der Waals surface area contributed by atoms with Crippen LogP contribution >= 0.6 is 23.2 Å². The smallest absolute Gasteiger partial charge is 0.196 e. The molecular weight excluding hydrogens is 259 g/mol. The Morgan fingerprint density at radius 2 is 1.76 bits per heavy atom. The first-order chi connectivity index (χ1) is 8.08. The molecule has 2 rings (SSSR count). The van der Waals surface area contributed by atoms with Gasteiger partial charge in [0.2, 0.25) is 0 Å². The average Bonchev–Trinajstić information content (AvgIpc) is 2.32. The lowest BCUT2D eigenvalue weighted by Gasteiger charge is -2.03. The molecule has 0 bridgehead atoms. The van der Waals surface area contributed by atoms with Gasteiger partial charge in [-0.2, -0.15) is 0 Å². The van der Waals surface area contributed by atoms with Gasteiger partial charge < -0.3 is 0 Å². The molecule has 0 saturated heterocycles. The monoisotopic (exact) mass is 266 g/mol. The van der Waals surface area contributed by atoms with Crippen LogP contribution in [-0.2, 0) is 0 Å². The van der Waals surface area contributed by atoms with Gasteiger partial charge in [0.15, 0.2) is 16.1 Å². The van der Waals surface area contributed by atoms with Crippen molar-refractivity contribution in [1.29, 1.82) is 0 Å². The molecule has 0 spiro atoms. The zero-order valence-electron chi connectivity index (χ0n) is 8.95. The van der Waals surface area contributed by atoms with Crippen LogP contribution in [0.5, 0.6) is 0 Å². The Balaban J connectivity index is 2.43. The van der Waals surface area contributed by atoms with Crippen molar-refractivity contribution < 1.29 is 4.79 Å². The van der Waals surface area contributed by atoms with Gasteiger partial charge in [-0.1, -0.05) is 53.0 Å². The standard InChI is InChI=1S/C12H8Cl2N2O/c1-7-2-4-8(5-3-7)11(17)9-6-10(13)15-16-12(9)14/h2-6H,1H3. The van der Waals surface area contributed by atoms with Crippen molar-refractivity contribution in [3.05, 3.63) is 57.3 Å². The Morgan fingerprint density at radius 3 is 2.41 bits per heavy atom. The van der Waals surface area contributed by atoms with E-state index in [0.717, 1.165) is 5.56 Å². The van der Waals surface area contributed by atoms with E-state index >= 15 is 0 Å². The third-order valence-corrected chi connectivity index (χ3v) is 2.74. The van der Waals surface area contributed by atoms with Gasteiger partial charge in [0, 0.05) is 5.56 Å². The molecule has 0 amide bonds. The molecule has 0 fully saturated rings. The van der Waals surface area contributed by atoms with Crippen molar-refractivity contribution in [3.8, 4) is 0 Å². The lowest BCUT2D eigenvalue weighted by molar-refractivity contribution is 0.103. The fourth-order valence-electron chi connectivity index (χ4n) is 1.37. The number of carbonyl (C=O) groups excluding carboxylic acids is 1. The molecule has 0 radical (unpaired) electrons. The van der Waals surface area contributed by atoms with Crippen molar-refractivity contribution in [2.45, 2.75) is 6.92 Å². The van der Waals surface area contributed by atoms with E-state index in [1.807, 2.05) is 19.1 Å². The molecule has 5 heteroatoms. The van der Waals surface area contributed by atoms with E-state index in [1.165, 1.54) is 6.07 Å². The number of aromatic nitrogens is 2. The Bertz CT molecular complexity index is 567. The molecule has 0 unspecified atom stereocenters. The van der Waals surface area contributed by atoms with Crippen molar-refractivity contribution in [1.82, 2.24) is 10.2 Å². The molecule has 0 aliphatic carbocycles. The number of carbonyl (C=O) groups is 1. The van der Waals surface area contributed by atoms with Gasteiger partial charge in [-0.3, -0.25) is 4.79 Å². The first kappa shape index (κ1) is 12.0. The highest BCUT2D eigenvalue weighted by atomic mass is 35.5. The van der Waals surface area contributed by atoms with E-state index < -0.39 is 0 Å². The maximum atomic E-state index is 12.1. The van der Waals surface area contributed by atoms with Gasteiger partial charge in [-0.15, -0.1) is 10.2 Å². The molecule has 0 aliphatic heterocycles. The predicted molar refractivity (Wildman–Crippen MR) is 66.7 cm³/mol. The van der Waals surface area contributed by atoms with E-state index in [0.29, 0.717) is 5.56 Å². The third-order valence-electron chi connectivity index (χ3n) is 2.28. The van der Waals surface area contributed by atoms with Crippen LogP contribution in [0.2, 0.25) is 10.3 Å². The van der Waals surface area contributed by atoms with Gasteiger partial charge in [0.1, 0.15) is 0 Å². The Hall–Kier alpha value is -1.45. The highest BCUT2D eigenvalue weighted by Gasteiger charge is 2.14. The highest BCUT2D eigenvalue weighted by molar-refractivity contribution is 6.35. The van der Waals surface area contributed by atoms with Crippen LogP contribution in [0.25, 0.3) is 0 Å². The minimum absolute atomic E-state index is 0.0555. The fourth-order valence-corrected chi connectivity index (χ4v) is 1.70. The number of hydrogen-bond donors (Lipinski definition) is 0.